The number of nitro benzene ring substituents is 2. The summed E-state index contributed by atoms with van der Waals surface area (Å²) in [5.74, 6) is -0.896. The van der Waals surface area contributed by atoms with E-state index in [1.165, 1.54) is 46.2 Å². The van der Waals surface area contributed by atoms with Crippen molar-refractivity contribution in [3.63, 3.8) is 0 Å². The predicted octanol–water partition coefficient (Wildman–Crippen LogP) is 4.48. The highest BCUT2D eigenvalue weighted by Crippen LogP contribution is 2.42. The monoisotopic (exact) mass is 460 g/mol. The van der Waals surface area contributed by atoms with Crippen molar-refractivity contribution in [1.82, 2.24) is 0 Å². The number of carbonyl (C=O) groups excluding carboxylic acids is 2. The van der Waals surface area contributed by atoms with Crippen molar-refractivity contribution in [3.8, 4) is 0 Å². The molecule has 0 spiro atoms. The van der Waals surface area contributed by atoms with E-state index in [1.54, 1.807) is 50.2 Å². The lowest BCUT2D eigenvalue weighted by Gasteiger charge is -2.46. The Morgan fingerprint density at radius 3 is 2.09 bits per heavy atom. The molecule has 10 nitrogen and oxygen atoms in total. The summed E-state index contributed by atoms with van der Waals surface area (Å²) in [6.07, 6.45) is 0. The SMILES string of the molecule is CC1(C)C(=O)N(Cc2ccc([N+](=O)[O-])cc2)c2ccccc2N1C(=O)c1cccc([N+](=O)[O-])c1. The van der Waals surface area contributed by atoms with Gasteiger partial charge in [0.05, 0.1) is 27.8 Å². The highest BCUT2D eigenvalue weighted by molar-refractivity contribution is 6.19. The molecule has 0 atom stereocenters. The summed E-state index contributed by atoms with van der Waals surface area (Å²) < 4.78 is 0. The summed E-state index contributed by atoms with van der Waals surface area (Å²) in [5, 5.41) is 22.1. The molecule has 0 bridgehead atoms. The minimum atomic E-state index is -1.31. The Morgan fingerprint density at radius 2 is 1.47 bits per heavy atom. The van der Waals surface area contributed by atoms with Crippen molar-refractivity contribution in [3.05, 3.63) is 104 Å². The molecule has 1 aliphatic heterocycles. The third-order valence-electron chi connectivity index (χ3n) is 5.74. The fraction of sp³-hybridized carbons (Fsp3) is 0.167. The Bertz CT molecular complexity index is 1320. The quantitative estimate of drug-likeness (QED) is 0.408. The molecule has 1 aliphatic rings. The lowest BCUT2D eigenvalue weighted by atomic mass is 9.93. The summed E-state index contributed by atoms with van der Waals surface area (Å²) in [6, 6.07) is 18.2. The first kappa shape index (κ1) is 22.6. The number of rotatable bonds is 5. The van der Waals surface area contributed by atoms with Crippen LogP contribution in [0.5, 0.6) is 0 Å². The Morgan fingerprint density at radius 1 is 0.853 bits per heavy atom. The summed E-state index contributed by atoms with van der Waals surface area (Å²) in [4.78, 5) is 51.1. The largest absolute Gasteiger partial charge is 0.304 e. The number of para-hydroxylation sites is 2. The summed E-state index contributed by atoms with van der Waals surface area (Å²) in [5.41, 5.74) is 0.158. The molecule has 0 aliphatic carbocycles. The van der Waals surface area contributed by atoms with Crippen molar-refractivity contribution in [1.29, 1.82) is 0 Å². The zero-order chi connectivity index (χ0) is 24.6. The van der Waals surface area contributed by atoms with Gasteiger partial charge in [0.25, 0.3) is 23.2 Å². The highest BCUT2D eigenvalue weighted by atomic mass is 16.6. The smallest absolute Gasteiger partial charge is 0.270 e. The molecule has 0 saturated heterocycles. The fourth-order valence-corrected chi connectivity index (χ4v) is 4.03. The standard InChI is InChI=1S/C24H20N4O6/c1-24(2)23(30)25(15-16-10-12-18(13-11-16)27(31)32)20-8-3-4-9-21(20)26(24)22(29)17-6-5-7-19(14-17)28(33)34/h3-14H,15H2,1-2H3. The van der Waals surface area contributed by atoms with Gasteiger partial charge in [0.2, 0.25) is 0 Å². The van der Waals surface area contributed by atoms with Crippen LogP contribution < -0.4 is 9.80 Å². The molecule has 1 heterocycles. The minimum Gasteiger partial charge on any atom is -0.304 e. The molecule has 4 rings (SSSR count). The van der Waals surface area contributed by atoms with Gasteiger partial charge >= 0.3 is 0 Å². The highest BCUT2D eigenvalue weighted by Gasteiger charge is 2.47. The van der Waals surface area contributed by atoms with Crippen molar-refractivity contribution in [2.24, 2.45) is 0 Å². The van der Waals surface area contributed by atoms with Gasteiger partial charge in [-0.3, -0.25) is 34.7 Å². The Kier molecular flexibility index (Phi) is 5.58. The number of hydrogen-bond acceptors (Lipinski definition) is 6. The van der Waals surface area contributed by atoms with E-state index in [0.717, 1.165) is 0 Å². The number of amides is 2. The van der Waals surface area contributed by atoms with Crippen molar-refractivity contribution >= 4 is 34.6 Å². The van der Waals surface area contributed by atoms with Crippen LogP contribution in [0.2, 0.25) is 0 Å². The first-order valence-corrected chi connectivity index (χ1v) is 10.3. The second kappa shape index (κ2) is 8.39. The molecule has 172 valence electrons. The first-order valence-electron chi connectivity index (χ1n) is 10.3. The van der Waals surface area contributed by atoms with Crippen LogP contribution in [0, 0.1) is 20.2 Å². The number of nitro groups is 2. The zero-order valence-corrected chi connectivity index (χ0v) is 18.4. The Labute approximate surface area is 194 Å². The second-order valence-corrected chi connectivity index (χ2v) is 8.31. The van der Waals surface area contributed by atoms with Gasteiger partial charge < -0.3 is 4.90 Å². The van der Waals surface area contributed by atoms with Crippen molar-refractivity contribution in [2.75, 3.05) is 9.80 Å². The number of hydrogen-bond donors (Lipinski definition) is 0. The average Bonchev–Trinajstić information content (AvgIpc) is 2.82. The summed E-state index contributed by atoms with van der Waals surface area (Å²) in [6.45, 7) is 3.38. The molecule has 0 saturated carbocycles. The van der Waals surface area contributed by atoms with Crippen molar-refractivity contribution in [2.45, 2.75) is 25.9 Å². The Hall–Kier alpha value is -4.60. The van der Waals surface area contributed by atoms with E-state index in [4.69, 9.17) is 0 Å². The van der Waals surface area contributed by atoms with Gasteiger partial charge in [0.1, 0.15) is 5.54 Å². The lowest BCUT2D eigenvalue weighted by molar-refractivity contribution is -0.385. The van der Waals surface area contributed by atoms with Gasteiger partial charge in [-0.25, -0.2) is 0 Å². The maximum atomic E-state index is 13.6. The number of carbonyl (C=O) groups is 2. The van der Waals surface area contributed by atoms with Gasteiger partial charge in [0.15, 0.2) is 0 Å². The van der Waals surface area contributed by atoms with Crippen LogP contribution in [0.4, 0.5) is 22.7 Å². The lowest BCUT2D eigenvalue weighted by Crippen LogP contribution is -2.62. The van der Waals surface area contributed by atoms with Gasteiger partial charge in [-0.15, -0.1) is 0 Å². The zero-order valence-electron chi connectivity index (χ0n) is 18.4. The number of non-ortho nitro benzene ring substituents is 2. The molecule has 34 heavy (non-hydrogen) atoms. The topological polar surface area (TPSA) is 127 Å². The molecule has 0 unspecified atom stereocenters. The molecule has 0 fully saturated rings. The second-order valence-electron chi connectivity index (χ2n) is 8.31. The maximum absolute atomic E-state index is 13.6. The molecule has 0 radical (unpaired) electrons. The summed E-state index contributed by atoms with van der Waals surface area (Å²) in [7, 11) is 0. The predicted molar refractivity (Wildman–Crippen MR) is 125 cm³/mol. The van der Waals surface area contributed by atoms with Gasteiger partial charge in [-0.2, -0.15) is 0 Å². The fourth-order valence-electron chi connectivity index (χ4n) is 4.03. The van der Waals surface area contributed by atoms with E-state index in [1.807, 2.05) is 0 Å². The normalized spacial score (nSPS) is 14.5. The van der Waals surface area contributed by atoms with Crippen LogP contribution in [0.3, 0.4) is 0 Å². The van der Waals surface area contributed by atoms with Crippen LogP contribution in [-0.4, -0.2) is 27.2 Å². The van der Waals surface area contributed by atoms with Gasteiger partial charge in [-0.1, -0.05) is 30.3 Å². The van der Waals surface area contributed by atoms with Crippen LogP contribution in [-0.2, 0) is 11.3 Å². The van der Waals surface area contributed by atoms with E-state index in [2.05, 4.69) is 0 Å². The van der Waals surface area contributed by atoms with E-state index in [-0.39, 0.29) is 29.4 Å². The van der Waals surface area contributed by atoms with Gasteiger partial charge in [0, 0.05) is 29.8 Å². The van der Waals surface area contributed by atoms with Crippen molar-refractivity contribution < 1.29 is 19.4 Å². The third kappa shape index (κ3) is 3.85. The van der Waals surface area contributed by atoms with Crippen LogP contribution in [0.25, 0.3) is 0 Å². The molecular weight excluding hydrogens is 440 g/mol. The molecule has 2 amide bonds. The van der Waals surface area contributed by atoms with Crippen LogP contribution in [0.15, 0.2) is 72.8 Å². The molecular formula is C24H20N4O6. The summed E-state index contributed by atoms with van der Waals surface area (Å²) >= 11 is 0. The van der Waals surface area contributed by atoms with E-state index < -0.39 is 21.3 Å². The molecule has 0 N–H and O–H groups in total. The van der Waals surface area contributed by atoms with Crippen LogP contribution in [0.1, 0.15) is 29.8 Å². The number of benzene rings is 3. The number of anilines is 2. The number of nitrogens with zero attached hydrogens (tertiary/aromatic N) is 4. The van der Waals surface area contributed by atoms with Crippen LogP contribution >= 0.6 is 0 Å². The third-order valence-corrected chi connectivity index (χ3v) is 5.74. The first-order chi connectivity index (χ1) is 16.1. The molecule has 3 aromatic carbocycles. The number of fused-ring (bicyclic) bond motifs is 1. The van der Waals surface area contributed by atoms with E-state index in [0.29, 0.717) is 16.9 Å². The van der Waals surface area contributed by atoms with E-state index in [9.17, 15) is 29.8 Å². The maximum Gasteiger partial charge on any atom is 0.270 e. The molecule has 10 heteroatoms. The molecule has 0 aromatic heterocycles. The van der Waals surface area contributed by atoms with Gasteiger partial charge in [-0.05, 0) is 37.6 Å². The minimum absolute atomic E-state index is 0.0526. The molecule has 3 aromatic rings. The Balaban J connectivity index is 1.76. The van der Waals surface area contributed by atoms with E-state index >= 15 is 0 Å². The average molecular weight is 460 g/mol.